The molecule has 2 bridgehead atoms. The summed E-state index contributed by atoms with van der Waals surface area (Å²) in [6.45, 7) is 0. The average Bonchev–Trinajstić information content (AvgIpc) is 3.00. The summed E-state index contributed by atoms with van der Waals surface area (Å²) in [5.41, 5.74) is 1.66. The Morgan fingerprint density at radius 2 is 2.05 bits per heavy atom. The number of aromatic amines is 1. The van der Waals surface area contributed by atoms with E-state index in [0.717, 1.165) is 36.6 Å². The normalized spacial score (nSPS) is 29.1. The van der Waals surface area contributed by atoms with Crippen LogP contribution in [0.2, 0.25) is 0 Å². The number of carbonyl (C=O) groups excluding carboxylic acids is 1. The molecule has 1 aromatic carbocycles. The lowest BCUT2D eigenvalue weighted by Crippen LogP contribution is -2.47. The molecule has 2 fully saturated rings. The van der Waals surface area contributed by atoms with Crippen molar-refractivity contribution in [3.63, 3.8) is 0 Å². The molecule has 1 amide bonds. The number of aromatic nitrogens is 2. The van der Waals surface area contributed by atoms with E-state index in [-0.39, 0.29) is 24.1 Å². The Balaban J connectivity index is 1.66. The summed E-state index contributed by atoms with van der Waals surface area (Å²) < 4.78 is 0. The maximum atomic E-state index is 12.7. The first-order valence-corrected chi connectivity index (χ1v) is 7.16. The van der Waals surface area contributed by atoms with Gasteiger partial charge < -0.3 is 10.0 Å². The van der Waals surface area contributed by atoms with Crippen molar-refractivity contribution < 1.29 is 9.90 Å². The lowest BCUT2D eigenvalue weighted by molar-refractivity contribution is 0.0287. The van der Waals surface area contributed by atoms with Crippen molar-refractivity contribution in [3.8, 4) is 0 Å². The van der Waals surface area contributed by atoms with Crippen molar-refractivity contribution >= 4 is 16.8 Å². The number of rotatable bonds is 1. The highest BCUT2D eigenvalue weighted by Crippen LogP contribution is 2.36. The summed E-state index contributed by atoms with van der Waals surface area (Å²) in [6.07, 6.45) is 4.96. The molecule has 2 atom stereocenters. The van der Waals surface area contributed by atoms with Gasteiger partial charge in [-0.3, -0.25) is 9.89 Å². The second-order valence-electron chi connectivity index (χ2n) is 5.89. The molecule has 2 saturated heterocycles. The van der Waals surface area contributed by atoms with Crippen LogP contribution in [0.1, 0.15) is 36.0 Å². The lowest BCUT2D eigenvalue weighted by Gasteiger charge is -2.37. The van der Waals surface area contributed by atoms with Gasteiger partial charge in [0.1, 0.15) is 0 Å². The predicted molar refractivity (Wildman–Crippen MR) is 74.3 cm³/mol. The number of nitrogens with one attached hydrogen (secondary N) is 1. The van der Waals surface area contributed by atoms with Crippen LogP contribution in [-0.2, 0) is 0 Å². The predicted octanol–water partition coefficient (Wildman–Crippen LogP) is 1.69. The summed E-state index contributed by atoms with van der Waals surface area (Å²) in [5.74, 6) is 0.0903. The first-order chi connectivity index (χ1) is 9.72. The quantitative estimate of drug-likeness (QED) is 0.829. The highest BCUT2D eigenvalue weighted by Gasteiger charge is 2.42. The molecule has 2 aliphatic heterocycles. The van der Waals surface area contributed by atoms with Gasteiger partial charge in [0, 0.05) is 23.0 Å². The summed E-state index contributed by atoms with van der Waals surface area (Å²) in [5, 5.41) is 17.7. The topological polar surface area (TPSA) is 69.2 Å². The standard InChI is InChI=1S/C15H17N3O2/c19-13-6-11-2-3-12(7-13)18(11)15(20)9-1-4-14-10(5-9)8-16-17-14/h1,4-5,8,11-13,19H,2-3,6-7H2,(H,16,17). The minimum Gasteiger partial charge on any atom is -0.393 e. The summed E-state index contributed by atoms with van der Waals surface area (Å²) in [7, 11) is 0. The molecular weight excluding hydrogens is 254 g/mol. The third kappa shape index (κ3) is 1.73. The minimum absolute atomic E-state index is 0.0903. The molecule has 2 unspecified atom stereocenters. The van der Waals surface area contributed by atoms with Crippen LogP contribution >= 0.6 is 0 Å². The number of fused-ring (bicyclic) bond motifs is 3. The van der Waals surface area contributed by atoms with E-state index >= 15 is 0 Å². The number of hydrogen-bond acceptors (Lipinski definition) is 3. The fourth-order valence-electron chi connectivity index (χ4n) is 3.70. The van der Waals surface area contributed by atoms with E-state index in [1.54, 1.807) is 6.20 Å². The second-order valence-corrected chi connectivity index (χ2v) is 5.89. The largest absolute Gasteiger partial charge is 0.393 e. The SMILES string of the molecule is O=C(c1ccc2[nH]ncc2c1)N1C2CCC1CC(O)C2. The monoisotopic (exact) mass is 271 g/mol. The van der Waals surface area contributed by atoms with Gasteiger partial charge in [0.05, 0.1) is 17.8 Å². The van der Waals surface area contributed by atoms with Crippen LogP contribution < -0.4 is 0 Å². The Morgan fingerprint density at radius 3 is 2.80 bits per heavy atom. The number of benzene rings is 1. The van der Waals surface area contributed by atoms with Crippen LogP contribution in [-0.4, -0.2) is 44.3 Å². The maximum absolute atomic E-state index is 12.7. The van der Waals surface area contributed by atoms with Crippen molar-refractivity contribution in [3.05, 3.63) is 30.0 Å². The van der Waals surface area contributed by atoms with E-state index < -0.39 is 0 Å². The van der Waals surface area contributed by atoms with Gasteiger partial charge in [0.2, 0.25) is 0 Å². The van der Waals surface area contributed by atoms with E-state index in [1.807, 2.05) is 23.1 Å². The molecule has 2 aliphatic rings. The third-order valence-electron chi connectivity index (χ3n) is 4.63. The molecule has 20 heavy (non-hydrogen) atoms. The van der Waals surface area contributed by atoms with Crippen LogP contribution in [0.15, 0.2) is 24.4 Å². The Hall–Kier alpha value is -1.88. The highest BCUT2D eigenvalue weighted by atomic mass is 16.3. The van der Waals surface area contributed by atoms with Gasteiger partial charge in [-0.15, -0.1) is 0 Å². The van der Waals surface area contributed by atoms with Gasteiger partial charge in [-0.2, -0.15) is 5.10 Å². The average molecular weight is 271 g/mol. The zero-order chi connectivity index (χ0) is 13.7. The van der Waals surface area contributed by atoms with Crippen molar-refractivity contribution in [2.24, 2.45) is 0 Å². The molecule has 2 N–H and O–H groups in total. The maximum Gasteiger partial charge on any atom is 0.254 e. The summed E-state index contributed by atoms with van der Waals surface area (Å²) in [4.78, 5) is 14.7. The number of piperidine rings is 1. The second kappa shape index (κ2) is 4.31. The fraction of sp³-hybridized carbons (Fsp3) is 0.467. The van der Waals surface area contributed by atoms with Crippen LogP contribution in [0.25, 0.3) is 10.9 Å². The van der Waals surface area contributed by atoms with Gasteiger partial charge in [-0.05, 0) is 43.9 Å². The number of carbonyl (C=O) groups is 1. The van der Waals surface area contributed by atoms with E-state index in [9.17, 15) is 9.90 Å². The van der Waals surface area contributed by atoms with Crippen molar-refractivity contribution in [2.75, 3.05) is 0 Å². The van der Waals surface area contributed by atoms with Crippen LogP contribution in [0.5, 0.6) is 0 Å². The number of aliphatic hydroxyl groups excluding tert-OH is 1. The van der Waals surface area contributed by atoms with Crippen molar-refractivity contribution in [1.29, 1.82) is 0 Å². The molecule has 0 saturated carbocycles. The molecule has 4 rings (SSSR count). The van der Waals surface area contributed by atoms with Crippen LogP contribution in [0, 0.1) is 0 Å². The number of H-pyrrole nitrogens is 1. The highest BCUT2D eigenvalue weighted by molar-refractivity contribution is 5.98. The van der Waals surface area contributed by atoms with Crippen LogP contribution in [0.3, 0.4) is 0 Å². The van der Waals surface area contributed by atoms with Crippen molar-refractivity contribution in [2.45, 2.75) is 43.9 Å². The molecule has 0 spiro atoms. The first-order valence-electron chi connectivity index (χ1n) is 7.16. The molecule has 5 heteroatoms. The molecule has 3 heterocycles. The lowest BCUT2D eigenvalue weighted by atomic mass is 9.98. The van der Waals surface area contributed by atoms with E-state index in [4.69, 9.17) is 0 Å². The van der Waals surface area contributed by atoms with Gasteiger partial charge in [0.15, 0.2) is 0 Å². The number of nitrogens with zero attached hydrogens (tertiary/aromatic N) is 2. The number of aliphatic hydroxyl groups is 1. The zero-order valence-electron chi connectivity index (χ0n) is 11.1. The Morgan fingerprint density at radius 1 is 1.30 bits per heavy atom. The molecule has 5 nitrogen and oxygen atoms in total. The van der Waals surface area contributed by atoms with Gasteiger partial charge >= 0.3 is 0 Å². The molecule has 0 aliphatic carbocycles. The van der Waals surface area contributed by atoms with E-state index in [2.05, 4.69) is 10.2 Å². The molecule has 104 valence electrons. The molecule has 0 radical (unpaired) electrons. The van der Waals surface area contributed by atoms with E-state index in [0.29, 0.717) is 5.56 Å². The Kier molecular flexibility index (Phi) is 2.57. The Labute approximate surface area is 116 Å². The van der Waals surface area contributed by atoms with Crippen LogP contribution in [0.4, 0.5) is 0 Å². The first kappa shape index (κ1) is 11.9. The molecule has 2 aromatic rings. The summed E-state index contributed by atoms with van der Waals surface area (Å²) in [6, 6.07) is 6.06. The number of amides is 1. The molecular formula is C15H17N3O2. The van der Waals surface area contributed by atoms with Gasteiger partial charge in [-0.1, -0.05) is 0 Å². The number of hydrogen-bond donors (Lipinski definition) is 2. The van der Waals surface area contributed by atoms with Gasteiger partial charge in [0.25, 0.3) is 5.91 Å². The van der Waals surface area contributed by atoms with Gasteiger partial charge in [-0.25, -0.2) is 0 Å². The minimum atomic E-state index is -0.243. The summed E-state index contributed by atoms with van der Waals surface area (Å²) >= 11 is 0. The smallest absolute Gasteiger partial charge is 0.254 e. The zero-order valence-corrected chi connectivity index (χ0v) is 11.1. The Bertz CT molecular complexity index is 652. The van der Waals surface area contributed by atoms with E-state index in [1.165, 1.54) is 0 Å². The fourth-order valence-corrected chi connectivity index (χ4v) is 3.70. The third-order valence-corrected chi connectivity index (χ3v) is 4.63. The van der Waals surface area contributed by atoms with Crippen molar-refractivity contribution in [1.82, 2.24) is 15.1 Å². The molecule has 1 aromatic heterocycles.